The number of benzene rings is 3. The van der Waals surface area contributed by atoms with Crippen LogP contribution in [0, 0.1) is 0 Å². The van der Waals surface area contributed by atoms with E-state index in [1.54, 1.807) is 22.9 Å². The van der Waals surface area contributed by atoms with Crippen molar-refractivity contribution >= 4 is 33.8 Å². The molecular formula is C33H32N8O4. The van der Waals surface area contributed by atoms with Gasteiger partial charge in [-0.15, -0.1) is 5.10 Å². The molecule has 45 heavy (non-hydrogen) atoms. The number of aromatic amines is 1. The van der Waals surface area contributed by atoms with Crippen molar-refractivity contribution in [3.63, 3.8) is 0 Å². The second-order valence-corrected chi connectivity index (χ2v) is 11.2. The van der Waals surface area contributed by atoms with Crippen molar-refractivity contribution < 1.29 is 19.8 Å². The molecule has 12 nitrogen and oxygen atoms in total. The number of carbonyl (C=O) groups excluding carboxylic acids is 1. The molecule has 228 valence electrons. The van der Waals surface area contributed by atoms with Crippen LogP contribution in [0.2, 0.25) is 0 Å². The Hall–Kier alpha value is -5.62. The zero-order valence-corrected chi connectivity index (χ0v) is 24.3. The van der Waals surface area contributed by atoms with Gasteiger partial charge in [-0.3, -0.25) is 9.48 Å². The standard InChI is InChI=1S/C33H32N8O4/c42-23-8-9-24-26(15-23)31(37-32(24)43)30-25-4-1-2-5-27(25)36-28(30)17-34-16-20-6-7-21-10-13-40(29(21)14-20)18-22-19-41(39-38-22)12-3-11-35-33(44)45/h1-2,4-10,13-15,19,31,34-36,42H,3,11-12,16-18H2,(H,37,43)(H,44,45). The average molecular weight is 605 g/mol. The molecule has 12 heteroatoms. The molecule has 3 aromatic heterocycles. The van der Waals surface area contributed by atoms with E-state index < -0.39 is 6.09 Å². The van der Waals surface area contributed by atoms with Crippen LogP contribution < -0.4 is 16.0 Å². The van der Waals surface area contributed by atoms with E-state index in [9.17, 15) is 14.7 Å². The number of para-hydroxylation sites is 1. The van der Waals surface area contributed by atoms with Crippen LogP contribution in [-0.4, -0.2) is 53.3 Å². The van der Waals surface area contributed by atoms with Crippen LogP contribution in [0.1, 0.15) is 50.9 Å². The molecule has 0 saturated carbocycles. The maximum Gasteiger partial charge on any atom is 0.404 e. The smallest absolute Gasteiger partial charge is 0.404 e. The summed E-state index contributed by atoms with van der Waals surface area (Å²) >= 11 is 0. The van der Waals surface area contributed by atoms with Gasteiger partial charge in [0.25, 0.3) is 5.91 Å². The molecule has 7 rings (SSSR count). The quantitative estimate of drug-likeness (QED) is 0.121. The van der Waals surface area contributed by atoms with Crippen LogP contribution >= 0.6 is 0 Å². The number of nitrogens with zero attached hydrogens (tertiary/aromatic N) is 4. The molecule has 1 aliphatic rings. The molecular weight excluding hydrogens is 572 g/mol. The molecule has 0 aliphatic carbocycles. The summed E-state index contributed by atoms with van der Waals surface area (Å²) in [6.45, 7) is 2.69. The van der Waals surface area contributed by atoms with E-state index in [0.717, 1.165) is 49.9 Å². The van der Waals surface area contributed by atoms with Gasteiger partial charge in [0.15, 0.2) is 0 Å². The highest BCUT2D eigenvalue weighted by Crippen LogP contribution is 2.38. The summed E-state index contributed by atoms with van der Waals surface area (Å²) in [7, 11) is 0. The minimum absolute atomic E-state index is 0.130. The first kappa shape index (κ1) is 28.2. The van der Waals surface area contributed by atoms with Gasteiger partial charge in [0, 0.05) is 65.6 Å². The third kappa shape index (κ3) is 5.70. The molecule has 6 aromatic rings. The number of nitrogens with one attached hydrogen (secondary N) is 4. The lowest BCUT2D eigenvalue weighted by Crippen LogP contribution is -2.22. The largest absolute Gasteiger partial charge is 0.508 e. The predicted octanol–water partition coefficient (Wildman–Crippen LogP) is 4.25. The molecule has 0 radical (unpaired) electrons. The van der Waals surface area contributed by atoms with Gasteiger partial charge in [0.2, 0.25) is 0 Å². The minimum Gasteiger partial charge on any atom is -0.508 e. The zero-order chi connectivity index (χ0) is 30.9. The number of aryl methyl sites for hydroxylation is 1. The molecule has 3 aromatic carbocycles. The molecule has 1 atom stereocenters. The number of H-pyrrole nitrogens is 1. The van der Waals surface area contributed by atoms with Crippen molar-refractivity contribution in [3.05, 3.63) is 113 Å². The summed E-state index contributed by atoms with van der Waals surface area (Å²) in [5, 5.41) is 38.6. The summed E-state index contributed by atoms with van der Waals surface area (Å²) in [6.07, 6.45) is 3.53. The number of amides is 2. The van der Waals surface area contributed by atoms with Gasteiger partial charge in [-0.2, -0.15) is 0 Å². The Balaban J connectivity index is 1.06. The third-order valence-electron chi connectivity index (χ3n) is 8.21. The first-order chi connectivity index (χ1) is 21.9. The molecule has 1 aliphatic heterocycles. The normalized spacial score (nSPS) is 14.2. The molecule has 2 amide bonds. The van der Waals surface area contributed by atoms with Gasteiger partial charge < -0.3 is 35.7 Å². The summed E-state index contributed by atoms with van der Waals surface area (Å²) in [6, 6.07) is 21.0. The number of phenolic OH excluding ortho intramolecular Hbond substituents is 1. The Bertz CT molecular complexity index is 2040. The number of carboxylic acid groups (broad SMARTS) is 1. The van der Waals surface area contributed by atoms with Crippen molar-refractivity contribution in [1.29, 1.82) is 0 Å². The fraction of sp³-hybridized carbons (Fsp3) is 0.212. The second-order valence-electron chi connectivity index (χ2n) is 11.2. The molecule has 1 unspecified atom stereocenters. The lowest BCUT2D eigenvalue weighted by molar-refractivity contribution is 0.0960. The van der Waals surface area contributed by atoms with Crippen molar-refractivity contribution in [2.75, 3.05) is 6.54 Å². The highest BCUT2D eigenvalue weighted by molar-refractivity contribution is 6.01. The van der Waals surface area contributed by atoms with E-state index >= 15 is 0 Å². The SMILES string of the molecule is O=C(O)NCCCn1cc(Cn2ccc3ccc(CNCc4[nH]c5ccccc5c4C4NC(=O)c5ccc(O)cc54)cc32)nn1. The number of aromatic hydroxyl groups is 1. The van der Waals surface area contributed by atoms with Crippen molar-refractivity contribution in [2.45, 2.75) is 38.6 Å². The topological polar surface area (TPSA) is 162 Å². The summed E-state index contributed by atoms with van der Waals surface area (Å²) in [4.78, 5) is 27.0. The lowest BCUT2D eigenvalue weighted by Gasteiger charge is -2.15. The van der Waals surface area contributed by atoms with E-state index in [2.05, 4.69) is 66.1 Å². The fourth-order valence-electron chi connectivity index (χ4n) is 6.14. The minimum atomic E-state index is -1.03. The van der Waals surface area contributed by atoms with Gasteiger partial charge in [0.05, 0.1) is 18.8 Å². The van der Waals surface area contributed by atoms with E-state index in [-0.39, 0.29) is 17.7 Å². The van der Waals surface area contributed by atoms with Crippen molar-refractivity contribution in [3.8, 4) is 5.75 Å². The Morgan fingerprint density at radius 1 is 1.04 bits per heavy atom. The molecule has 0 fully saturated rings. The number of hydrogen-bond acceptors (Lipinski definition) is 6. The van der Waals surface area contributed by atoms with Crippen LogP contribution in [0.15, 0.2) is 79.1 Å². The Morgan fingerprint density at radius 3 is 2.82 bits per heavy atom. The number of aromatic nitrogens is 5. The number of carbonyl (C=O) groups is 2. The maximum atomic E-state index is 12.8. The maximum absolute atomic E-state index is 12.8. The highest BCUT2D eigenvalue weighted by atomic mass is 16.4. The summed E-state index contributed by atoms with van der Waals surface area (Å²) in [5.74, 6) is -0.0175. The third-order valence-corrected chi connectivity index (χ3v) is 8.21. The van der Waals surface area contributed by atoms with Gasteiger partial charge >= 0.3 is 6.09 Å². The summed E-state index contributed by atoms with van der Waals surface area (Å²) in [5.41, 5.74) is 7.34. The Kier molecular flexibility index (Phi) is 7.39. The summed E-state index contributed by atoms with van der Waals surface area (Å²) < 4.78 is 3.88. The Labute approximate surface area is 257 Å². The van der Waals surface area contributed by atoms with E-state index in [1.807, 2.05) is 30.6 Å². The molecule has 0 bridgehead atoms. The molecule has 0 saturated heterocycles. The van der Waals surface area contributed by atoms with Gasteiger partial charge in [-0.25, -0.2) is 4.79 Å². The van der Waals surface area contributed by atoms with Crippen LogP contribution in [0.4, 0.5) is 4.79 Å². The van der Waals surface area contributed by atoms with E-state index in [0.29, 0.717) is 44.7 Å². The van der Waals surface area contributed by atoms with Crippen molar-refractivity contribution in [2.24, 2.45) is 0 Å². The molecule has 6 N–H and O–H groups in total. The van der Waals surface area contributed by atoms with Crippen molar-refractivity contribution in [1.82, 2.24) is 40.5 Å². The average Bonchev–Trinajstić information content (AvgIpc) is 3.80. The fourth-order valence-corrected chi connectivity index (χ4v) is 6.14. The zero-order valence-electron chi connectivity index (χ0n) is 24.3. The first-order valence-corrected chi connectivity index (χ1v) is 14.8. The van der Waals surface area contributed by atoms with Crippen LogP contribution in [0.25, 0.3) is 21.8 Å². The second kappa shape index (κ2) is 11.8. The van der Waals surface area contributed by atoms with E-state index in [1.165, 1.54) is 0 Å². The molecule has 0 spiro atoms. The Morgan fingerprint density at radius 2 is 1.93 bits per heavy atom. The number of fused-ring (bicyclic) bond motifs is 3. The van der Waals surface area contributed by atoms with Crippen LogP contribution in [0.5, 0.6) is 5.75 Å². The monoisotopic (exact) mass is 604 g/mol. The van der Waals surface area contributed by atoms with Gasteiger partial charge in [-0.05, 0) is 59.3 Å². The van der Waals surface area contributed by atoms with Crippen LogP contribution in [-0.2, 0) is 26.2 Å². The lowest BCUT2D eigenvalue weighted by atomic mass is 9.95. The molecule has 4 heterocycles. The highest BCUT2D eigenvalue weighted by Gasteiger charge is 2.33. The van der Waals surface area contributed by atoms with Crippen LogP contribution in [0.3, 0.4) is 0 Å². The number of hydrogen-bond donors (Lipinski definition) is 6. The van der Waals surface area contributed by atoms with Gasteiger partial charge in [-0.1, -0.05) is 35.5 Å². The van der Waals surface area contributed by atoms with Gasteiger partial charge in [0.1, 0.15) is 11.4 Å². The number of phenols is 1. The first-order valence-electron chi connectivity index (χ1n) is 14.8. The number of rotatable bonds is 11. The van der Waals surface area contributed by atoms with E-state index in [4.69, 9.17) is 5.11 Å². The predicted molar refractivity (Wildman–Crippen MR) is 168 cm³/mol.